The van der Waals surface area contributed by atoms with Crippen molar-refractivity contribution >= 4 is 11.7 Å². The minimum Gasteiger partial charge on any atom is -0.478 e. The Hall–Kier alpha value is -2.36. The topological polar surface area (TPSA) is 49.3 Å². The number of halogens is 1. The molecule has 0 aliphatic carbocycles. The Morgan fingerprint density at radius 1 is 1.24 bits per heavy atom. The van der Waals surface area contributed by atoms with Crippen LogP contribution in [0.1, 0.15) is 40.9 Å². The fourth-order valence-corrected chi connectivity index (χ4v) is 2.33. The third kappa shape index (κ3) is 3.40. The van der Waals surface area contributed by atoms with Gasteiger partial charge in [0.15, 0.2) is 0 Å². The molecule has 0 aliphatic heterocycles. The Balaban J connectivity index is 2.29. The molecule has 0 spiro atoms. The lowest BCUT2D eigenvalue weighted by Crippen LogP contribution is -2.12. The standard InChI is InChI=1S/C17H18FNO2/c1-3-15(12-7-9-13(18)10-8-12)19-16-6-4-5-14(11(16)2)17(20)21/h4-10,15,19H,3H2,1-2H3,(H,20,21). The van der Waals surface area contributed by atoms with Gasteiger partial charge in [0.2, 0.25) is 0 Å². The molecule has 4 heteroatoms. The number of carboxylic acid groups (broad SMARTS) is 1. The molecule has 21 heavy (non-hydrogen) atoms. The number of anilines is 1. The molecule has 2 aromatic rings. The minimum absolute atomic E-state index is 0.00773. The maximum Gasteiger partial charge on any atom is 0.336 e. The highest BCUT2D eigenvalue weighted by Gasteiger charge is 2.14. The van der Waals surface area contributed by atoms with Gasteiger partial charge in [-0.25, -0.2) is 9.18 Å². The van der Waals surface area contributed by atoms with Crippen LogP contribution in [0.25, 0.3) is 0 Å². The molecule has 1 unspecified atom stereocenters. The molecular weight excluding hydrogens is 269 g/mol. The molecule has 2 aromatic carbocycles. The maximum atomic E-state index is 13.0. The number of aromatic carboxylic acids is 1. The van der Waals surface area contributed by atoms with E-state index in [0.717, 1.165) is 17.7 Å². The van der Waals surface area contributed by atoms with Gasteiger partial charge < -0.3 is 10.4 Å². The molecule has 0 bridgehead atoms. The van der Waals surface area contributed by atoms with Crippen molar-refractivity contribution in [1.29, 1.82) is 0 Å². The van der Waals surface area contributed by atoms with E-state index in [1.165, 1.54) is 12.1 Å². The molecule has 0 saturated heterocycles. The molecule has 0 aliphatic rings. The average molecular weight is 287 g/mol. The molecule has 110 valence electrons. The smallest absolute Gasteiger partial charge is 0.336 e. The molecule has 2 N–H and O–H groups in total. The lowest BCUT2D eigenvalue weighted by atomic mass is 10.0. The fourth-order valence-electron chi connectivity index (χ4n) is 2.33. The second-order valence-electron chi connectivity index (χ2n) is 4.94. The second kappa shape index (κ2) is 6.39. The summed E-state index contributed by atoms with van der Waals surface area (Å²) < 4.78 is 13.0. The van der Waals surface area contributed by atoms with Gasteiger partial charge in [-0.3, -0.25) is 0 Å². The first-order valence-corrected chi connectivity index (χ1v) is 6.87. The second-order valence-corrected chi connectivity index (χ2v) is 4.94. The van der Waals surface area contributed by atoms with E-state index in [-0.39, 0.29) is 17.4 Å². The number of carbonyl (C=O) groups is 1. The molecule has 0 aromatic heterocycles. The Bertz CT molecular complexity index is 638. The van der Waals surface area contributed by atoms with Gasteiger partial charge in [0.25, 0.3) is 0 Å². The summed E-state index contributed by atoms with van der Waals surface area (Å²) in [5, 5.41) is 12.5. The van der Waals surface area contributed by atoms with E-state index in [9.17, 15) is 9.18 Å². The summed E-state index contributed by atoms with van der Waals surface area (Å²) in [4.78, 5) is 11.2. The predicted octanol–water partition coefficient (Wildman–Crippen LogP) is 4.40. The van der Waals surface area contributed by atoms with E-state index < -0.39 is 5.97 Å². The number of hydrogen-bond acceptors (Lipinski definition) is 2. The molecule has 0 radical (unpaired) electrons. The number of rotatable bonds is 5. The van der Waals surface area contributed by atoms with E-state index in [1.54, 1.807) is 31.2 Å². The van der Waals surface area contributed by atoms with Crippen LogP contribution in [0.15, 0.2) is 42.5 Å². The van der Waals surface area contributed by atoms with Crippen LogP contribution in [0.4, 0.5) is 10.1 Å². The van der Waals surface area contributed by atoms with Crippen molar-refractivity contribution in [1.82, 2.24) is 0 Å². The monoisotopic (exact) mass is 287 g/mol. The van der Waals surface area contributed by atoms with Gasteiger partial charge in [0, 0.05) is 5.69 Å². The Morgan fingerprint density at radius 2 is 1.90 bits per heavy atom. The summed E-state index contributed by atoms with van der Waals surface area (Å²) in [5.74, 6) is -1.20. The Labute approximate surface area is 123 Å². The molecule has 1 atom stereocenters. The highest BCUT2D eigenvalue weighted by Crippen LogP contribution is 2.26. The molecular formula is C17H18FNO2. The van der Waals surface area contributed by atoms with Crippen LogP contribution in [-0.4, -0.2) is 11.1 Å². The zero-order valence-electron chi connectivity index (χ0n) is 12.1. The third-order valence-corrected chi connectivity index (χ3v) is 3.57. The zero-order valence-corrected chi connectivity index (χ0v) is 12.1. The van der Waals surface area contributed by atoms with E-state index >= 15 is 0 Å². The van der Waals surface area contributed by atoms with E-state index in [2.05, 4.69) is 5.32 Å². The van der Waals surface area contributed by atoms with Gasteiger partial charge in [-0.15, -0.1) is 0 Å². The highest BCUT2D eigenvalue weighted by molar-refractivity contribution is 5.91. The van der Waals surface area contributed by atoms with Gasteiger partial charge in [0.05, 0.1) is 11.6 Å². The van der Waals surface area contributed by atoms with Crippen LogP contribution in [0.5, 0.6) is 0 Å². The summed E-state index contributed by atoms with van der Waals surface area (Å²) in [6.45, 7) is 3.81. The van der Waals surface area contributed by atoms with Crippen molar-refractivity contribution in [2.24, 2.45) is 0 Å². The van der Waals surface area contributed by atoms with Crippen LogP contribution in [0, 0.1) is 12.7 Å². The summed E-state index contributed by atoms with van der Waals surface area (Å²) in [6, 6.07) is 11.5. The van der Waals surface area contributed by atoms with Gasteiger partial charge in [-0.05, 0) is 48.7 Å². The van der Waals surface area contributed by atoms with E-state index in [0.29, 0.717) is 5.56 Å². The van der Waals surface area contributed by atoms with Gasteiger partial charge in [-0.2, -0.15) is 0 Å². The summed E-state index contributed by atoms with van der Waals surface area (Å²) in [5.41, 5.74) is 2.74. The van der Waals surface area contributed by atoms with Crippen LogP contribution >= 0.6 is 0 Å². The molecule has 0 amide bonds. The van der Waals surface area contributed by atoms with Crippen molar-refractivity contribution in [3.05, 3.63) is 65.0 Å². The molecule has 0 fully saturated rings. The van der Waals surface area contributed by atoms with Crippen molar-refractivity contribution < 1.29 is 14.3 Å². The van der Waals surface area contributed by atoms with Gasteiger partial charge >= 0.3 is 5.97 Å². The summed E-state index contributed by atoms with van der Waals surface area (Å²) in [6.07, 6.45) is 0.808. The largest absolute Gasteiger partial charge is 0.478 e. The lowest BCUT2D eigenvalue weighted by molar-refractivity contribution is 0.0696. The molecule has 2 rings (SSSR count). The van der Waals surface area contributed by atoms with Crippen LogP contribution in [-0.2, 0) is 0 Å². The molecule has 0 saturated carbocycles. The SMILES string of the molecule is CCC(Nc1cccc(C(=O)O)c1C)c1ccc(F)cc1. The Morgan fingerprint density at radius 3 is 2.48 bits per heavy atom. The number of hydrogen-bond donors (Lipinski definition) is 2. The van der Waals surface area contributed by atoms with Crippen molar-refractivity contribution in [3.8, 4) is 0 Å². The van der Waals surface area contributed by atoms with E-state index in [4.69, 9.17) is 5.11 Å². The average Bonchev–Trinajstić information content (AvgIpc) is 2.47. The molecule has 0 heterocycles. The first kappa shape index (κ1) is 15.0. The fraction of sp³-hybridized carbons (Fsp3) is 0.235. The van der Waals surface area contributed by atoms with Crippen molar-refractivity contribution in [2.45, 2.75) is 26.3 Å². The predicted molar refractivity (Wildman–Crippen MR) is 81.2 cm³/mol. The van der Waals surface area contributed by atoms with Crippen molar-refractivity contribution in [2.75, 3.05) is 5.32 Å². The summed E-state index contributed by atoms with van der Waals surface area (Å²) in [7, 11) is 0. The summed E-state index contributed by atoms with van der Waals surface area (Å²) >= 11 is 0. The van der Waals surface area contributed by atoms with Gasteiger partial charge in [-0.1, -0.05) is 25.1 Å². The minimum atomic E-state index is -0.939. The first-order valence-electron chi connectivity index (χ1n) is 6.87. The number of nitrogens with one attached hydrogen (secondary N) is 1. The molecule has 3 nitrogen and oxygen atoms in total. The first-order chi connectivity index (χ1) is 10.0. The van der Waals surface area contributed by atoms with Crippen molar-refractivity contribution in [3.63, 3.8) is 0 Å². The number of carboxylic acids is 1. The third-order valence-electron chi connectivity index (χ3n) is 3.57. The van der Waals surface area contributed by atoms with Gasteiger partial charge in [0.1, 0.15) is 5.82 Å². The highest BCUT2D eigenvalue weighted by atomic mass is 19.1. The normalized spacial score (nSPS) is 12.0. The Kier molecular flexibility index (Phi) is 4.58. The quantitative estimate of drug-likeness (QED) is 0.857. The van der Waals surface area contributed by atoms with E-state index in [1.807, 2.05) is 13.0 Å². The number of benzene rings is 2. The maximum absolute atomic E-state index is 13.0. The van der Waals surface area contributed by atoms with Crippen LogP contribution < -0.4 is 5.32 Å². The lowest BCUT2D eigenvalue weighted by Gasteiger charge is -2.21. The van der Waals surface area contributed by atoms with Crippen LogP contribution in [0.2, 0.25) is 0 Å². The zero-order chi connectivity index (χ0) is 15.4. The van der Waals surface area contributed by atoms with Crippen LogP contribution in [0.3, 0.4) is 0 Å².